The average molecular weight is 328 g/mol. The highest BCUT2D eigenvalue weighted by atomic mass is 16.5. The minimum Gasteiger partial charge on any atom is -0.497 e. The lowest BCUT2D eigenvalue weighted by molar-refractivity contribution is 0.320. The molecule has 2 N–H and O–H groups in total. The number of pyridine rings is 1. The lowest BCUT2D eigenvalue weighted by atomic mass is 10.2. The standard InChI is InChI=1S/C18H24N4O2/c1-3-20-18(21-10-11-24-17-8-5-9-19-14-17)22-13-15-6-4-7-16(12-15)23-2/h4-9,12,14H,3,10-11,13H2,1-2H3,(H2,20,21,22). The van der Waals surface area contributed by atoms with Gasteiger partial charge in [-0.1, -0.05) is 12.1 Å². The number of nitrogens with one attached hydrogen (secondary N) is 2. The van der Waals surface area contributed by atoms with Gasteiger partial charge in [-0.2, -0.15) is 0 Å². The fourth-order valence-electron chi connectivity index (χ4n) is 2.05. The first kappa shape index (κ1) is 17.6. The van der Waals surface area contributed by atoms with E-state index < -0.39 is 0 Å². The summed E-state index contributed by atoms with van der Waals surface area (Å²) in [5.41, 5.74) is 1.10. The summed E-state index contributed by atoms with van der Waals surface area (Å²) in [6, 6.07) is 11.6. The van der Waals surface area contributed by atoms with Crippen LogP contribution in [-0.4, -0.2) is 37.7 Å². The third-order valence-electron chi connectivity index (χ3n) is 3.20. The molecule has 2 aromatic rings. The van der Waals surface area contributed by atoms with Crippen LogP contribution in [0.1, 0.15) is 12.5 Å². The quantitative estimate of drug-likeness (QED) is 0.442. The molecule has 0 amide bonds. The van der Waals surface area contributed by atoms with Crippen molar-refractivity contribution < 1.29 is 9.47 Å². The van der Waals surface area contributed by atoms with Crippen molar-refractivity contribution >= 4 is 5.96 Å². The van der Waals surface area contributed by atoms with E-state index in [0.29, 0.717) is 19.7 Å². The Kier molecular flexibility index (Phi) is 7.40. The van der Waals surface area contributed by atoms with Crippen molar-refractivity contribution in [2.24, 2.45) is 4.99 Å². The molecule has 1 aromatic carbocycles. The molecule has 6 heteroatoms. The Labute approximate surface area is 142 Å². The third kappa shape index (κ3) is 6.16. The van der Waals surface area contributed by atoms with E-state index in [1.807, 2.05) is 43.3 Å². The van der Waals surface area contributed by atoms with E-state index in [0.717, 1.165) is 29.6 Å². The van der Waals surface area contributed by atoms with Crippen LogP contribution in [0.2, 0.25) is 0 Å². The maximum absolute atomic E-state index is 5.60. The van der Waals surface area contributed by atoms with Gasteiger partial charge in [0.1, 0.15) is 18.1 Å². The molecular weight excluding hydrogens is 304 g/mol. The SMILES string of the molecule is CCNC(=NCc1cccc(OC)c1)NCCOc1cccnc1. The maximum atomic E-state index is 5.60. The van der Waals surface area contributed by atoms with E-state index in [-0.39, 0.29) is 0 Å². The van der Waals surface area contributed by atoms with Crippen LogP contribution >= 0.6 is 0 Å². The number of benzene rings is 1. The van der Waals surface area contributed by atoms with E-state index >= 15 is 0 Å². The second kappa shape index (κ2) is 10.1. The number of hydrogen-bond donors (Lipinski definition) is 2. The summed E-state index contributed by atoms with van der Waals surface area (Å²) in [7, 11) is 1.66. The monoisotopic (exact) mass is 328 g/mol. The molecule has 0 saturated carbocycles. The topological polar surface area (TPSA) is 67.8 Å². The number of aliphatic imine (C=N–C) groups is 1. The van der Waals surface area contributed by atoms with E-state index in [2.05, 4.69) is 20.6 Å². The summed E-state index contributed by atoms with van der Waals surface area (Å²) in [5, 5.41) is 6.47. The molecule has 0 bridgehead atoms. The van der Waals surface area contributed by atoms with E-state index in [1.165, 1.54) is 0 Å². The van der Waals surface area contributed by atoms with Crippen LogP contribution in [0.5, 0.6) is 11.5 Å². The van der Waals surface area contributed by atoms with Gasteiger partial charge in [-0.05, 0) is 36.8 Å². The fraction of sp³-hybridized carbons (Fsp3) is 0.333. The summed E-state index contributed by atoms with van der Waals surface area (Å²) in [6.07, 6.45) is 3.42. The Morgan fingerprint density at radius 3 is 2.79 bits per heavy atom. The van der Waals surface area contributed by atoms with Gasteiger partial charge in [-0.15, -0.1) is 0 Å². The van der Waals surface area contributed by atoms with Crippen LogP contribution in [0.15, 0.2) is 53.8 Å². The van der Waals surface area contributed by atoms with Gasteiger partial charge in [0.25, 0.3) is 0 Å². The zero-order valence-electron chi connectivity index (χ0n) is 14.2. The summed E-state index contributed by atoms with van der Waals surface area (Å²) < 4.78 is 10.8. The number of rotatable bonds is 8. The Morgan fingerprint density at radius 2 is 2.04 bits per heavy atom. The van der Waals surface area contributed by atoms with Gasteiger partial charge in [-0.3, -0.25) is 4.98 Å². The summed E-state index contributed by atoms with van der Waals surface area (Å²) in [4.78, 5) is 8.59. The van der Waals surface area contributed by atoms with Gasteiger partial charge in [0.05, 0.1) is 26.4 Å². The molecule has 0 unspecified atom stereocenters. The zero-order valence-corrected chi connectivity index (χ0v) is 14.2. The minimum absolute atomic E-state index is 0.537. The number of methoxy groups -OCH3 is 1. The minimum atomic E-state index is 0.537. The summed E-state index contributed by atoms with van der Waals surface area (Å²) in [6.45, 7) is 4.60. The van der Waals surface area contributed by atoms with Gasteiger partial charge in [0, 0.05) is 12.7 Å². The molecule has 0 spiro atoms. The molecule has 0 fully saturated rings. The number of hydrogen-bond acceptors (Lipinski definition) is 4. The molecule has 6 nitrogen and oxygen atoms in total. The molecule has 0 aliphatic rings. The summed E-state index contributed by atoms with van der Waals surface area (Å²) >= 11 is 0. The largest absolute Gasteiger partial charge is 0.497 e. The molecule has 2 rings (SSSR count). The first-order valence-corrected chi connectivity index (χ1v) is 7.99. The number of nitrogens with zero attached hydrogens (tertiary/aromatic N) is 2. The van der Waals surface area contributed by atoms with Crippen molar-refractivity contribution in [3.05, 3.63) is 54.4 Å². The molecule has 1 aromatic heterocycles. The van der Waals surface area contributed by atoms with Gasteiger partial charge in [-0.25, -0.2) is 4.99 Å². The van der Waals surface area contributed by atoms with Crippen molar-refractivity contribution in [1.29, 1.82) is 0 Å². The highest BCUT2D eigenvalue weighted by Crippen LogP contribution is 2.13. The molecule has 0 aliphatic heterocycles. The highest BCUT2D eigenvalue weighted by Gasteiger charge is 1.99. The third-order valence-corrected chi connectivity index (χ3v) is 3.20. The first-order chi connectivity index (χ1) is 11.8. The molecule has 128 valence electrons. The van der Waals surface area contributed by atoms with Crippen molar-refractivity contribution in [2.45, 2.75) is 13.5 Å². The molecule has 0 saturated heterocycles. The van der Waals surface area contributed by atoms with Crippen LogP contribution in [0, 0.1) is 0 Å². The number of aromatic nitrogens is 1. The number of guanidine groups is 1. The predicted octanol–water partition coefficient (Wildman–Crippen LogP) is 2.22. The highest BCUT2D eigenvalue weighted by molar-refractivity contribution is 5.79. The zero-order chi connectivity index (χ0) is 17.0. The molecule has 1 heterocycles. The normalized spacial score (nSPS) is 11.0. The second-order valence-electron chi connectivity index (χ2n) is 5.01. The lowest BCUT2D eigenvalue weighted by Crippen LogP contribution is -2.39. The van der Waals surface area contributed by atoms with E-state index in [1.54, 1.807) is 19.5 Å². The van der Waals surface area contributed by atoms with Crippen molar-refractivity contribution in [3.8, 4) is 11.5 Å². The van der Waals surface area contributed by atoms with Crippen molar-refractivity contribution in [1.82, 2.24) is 15.6 Å². The van der Waals surface area contributed by atoms with Crippen LogP contribution in [0.4, 0.5) is 0 Å². The first-order valence-electron chi connectivity index (χ1n) is 7.99. The Morgan fingerprint density at radius 1 is 1.17 bits per heavy atom. The van der Waals surface area contributed by atoms with Crippen LogP contribution in [-0.2, 0) is 6.54 Å². The smallest absolute Gasteiger partial charge is 0.191 e. The van der Waals surface area contributed by atoms with E-state index in [9.17, 15) is 0 Å². The Balaban J connectivity index is 1.81. The van der Waals surface area contributed by atoms with Gasteiger partial charge < -0.3 is 20.1 Å². The maximum Gasteiger partial charge on any atom is 0.191 e. The Hall–Kier alpha value is -2.76. The van der Waals surface area contributed by atoms with Gasteiger partial charge in [0.2, 0.25) is 0 Å². The van der Waals surface area contributed by atoms with Gasteiger partial charge >= 0.3 is 0 Å². The van der Waals surface area contributed by atoms with Crippen LogP contribution < -0.4 is 20.1 Å². The van der Waals surface area contributed by atoms with Crippen LogP contribution in [0.25, 0.3) is 0 Å². The van der Waals surface area contributed by atoms with E-state index in [4.69, 9.17) is 9.47 Å². The van der Waals surface area contributed by atoms with Crippen molar-refractivity contribution in [3.63, 3.8) is 0 Å². The van der Waals surface area contributed by atoms with Gasteiger partial charge in [0.15, 0.2) is 5.96 Å². The average Bonchev–Trinajstić information content (AvgIpc) is 2.64. The molecular formula is C18H24N4O2. The molecule has 0 radical (unpaired) electrons. The predicted molar refractivity (Wildman–Crippen MR) is 95.5 cm³/mol. The molecule has 0 atom stereocenters. The lowest BCUT2D eigenvalue weighted by Gasteiger charge is -2.12. The number of ether oxygens (including phenoxy) is 2. The van der Waals surface area contributed by atoms with Crippen molar-refractivity contribution in [2.75, 3.05) is 26.8 Å². The molecule has 24 heavy (non-hydrogen) atoms. The fourth-order valence-corrected chi connectivity index (χ4v) is 2.05. The Bertz CT molecular complexity index is 632. The second-order valence-corrected chi connectivity index (χ2v) is 5.01. The van der Waals surface area contributed by atoms with Crippen LogP contribution in [0.3, 0.4) is 0 Å². The summed E-state index contributed by atoms with van der Waals surface area (Å²) in [5.74, 6) is 2.36. The molecule has 0 aliphatic carbocycles.